The van der Waals surface area contributed by atoms with Crippen molar-refractivity contribution < 1.29 is 43.4 Å². The molecule has 2 fully saturated rings. The number of benzene rings is 1. The van der Waals surface area contributed by atoms with E-state index < -0.39 is 77.7 Å². The highest BCUT2D eigenvalue weighted by atomic mass is 16.6. The molecule has 1 saturated heterocycles. The lowest BCUT2D eigenvalue weighted by Crippen LogP contribution is -2.59. The lowest BCUT2D eigenvalue weighted by atomic mass is 9.92. The van der Waals surface area contributed by atoms with Crippen molar-refractivity contribution in [2.75, 3.05) is 6.54 Å². The lowest BCUT2D eigenvalue weighted by molar-refractivity contribution is -0.146. The number of ether oxygens (including phenoxy) is 1. The summed E-state index contributed by atoms with van der Waals surface area (Å²) >= 11 is 0. The topological polar surface area (TPSA) is 188 Å². The first-order chi connectivity index (χ1) is 21.2. The quantitative estimate of drug-likeness (QED) is 0.222. The molecule has 1 saturated carbocycles. The number of hydrogen-bond donors (Lipinski definition) is 4. The maximum Gasteiger partial charge on any atom is 0.408 e. The van der Waals surface area contributed by atoms with Crippen molar-refractivity contribution in [2.45, 2.75) is 97.0 Å². The summed E-state index contributed by atoms with van der Waals surface area (Å²) in [4.78, 5) is 92.2. The van der Waals surface area contributed by atoms with Crippen LogP contribution in [0.15, 0.2) is 30.3 Å². The standard InChI is InChI=1S/C32H44N4O9/c1-6-10-22(27(38)29(40)34-23(31(42)43)15-19-11-8-7-9-12-19)33-28(39)26-20-13-14-24(37)21(20)16-36(26)30(41)25(17(2)3)35-32(44)45-18(4)5/h7-9,11-12,17-18,20-23,25-26H,6,10,13-16H2,1-5H3,(H,33,39)(H,34,40)(H,35,44)(H,42,43)/t20-,21-,22?,23-,25-,26-/m0/s1. The molecule has 0 radical (unpaired) electrons. The average Bonchev–Trinajstić information content (AvgIpc) is 3.53. The molecule has 0 aromatic heterocycles. The van der Waals surface area contributed by atoms with Crippen LogP contribution in [-0.2, 0) is 39.9 Å². The minimum Gasteiger partial charge on any atom is -0.480 e. The monoisotopic (exact) mass is 628 g/mol. The second-order valence-corrected chi connectivity index (χ2v) is 12.3. The number of carboxylic acids is 1. The first kappa shape index (κ1) is 35.2. The molecule has 4 N–H and O–H groups in total. The maximum absolute atomic E-state index is 13.8. The number of hydrogen-bond acceptors (Lipinski definition) is 8. The van der Waals surface area contributed by atoms with Crippen molar-refractivity contribution >= 4 is 41.4 Å². The highest BCUT2D eigenvalue weighted by Crippen LogP contribution is 2.41. The molecule has 3 rings (SSSR count). The second kappa shape index (κ2) is 15.6. The number of aliphatic carboxylic acids is 1. The Labute approximate surface area is 262 Å². The van der Waals surface area contributed by atoms with Gasteiger partial charge in [-0.3, -0.25) is 24.0 Å². The zero-order valence-corrected chi connectivity index (χ0v) is 26.4. The Balaban J connectivity index is 1.80. The van der Waals surface area contributed by atoms with Crippen LogP contribution in [-0.4, -0.2) is 88.2 Å². The van der Waals surface area contributed by atoms with E-state index >= 15 is 0 Å². The van der Waals surface area contributed by atoms with Gasteiger partial charge >= 0.3 is 12.1 Å². The molecule has 6 atom stereocenters. The predicted molar refractivity (Wildman–Crippen MR) is 162 cm³/mol. The van der Waals surface area contributed by atoms with Crippen LogP contribution < -0.4 is 16.0 Å². The fraction of sp³-hybridized carbons (Fsp3) is 0.594. The van der Waals surface area contributed by atoms with E-state index in [1.807, 2.05) is 0 Å². The van der Waals surface area contributed by atoms with E-state index in [4.69, 9.17) is 4.74 Å². The highest BCUT2D eigenvalue weighted by molar-refractivity contribution is 6.38. The number of carbonyl (C=O) groups is 7. The third kappa shape index (κ3) is 8.89. The Morgan fingerprint density at radius 1 is 0.978 bits per heavy atom. The zero-order valence-electron chi connectivity index (χ0n) is 26.4. The average molecular weight is 629 g/mol. The SMILES string of the molecule is CCCC(NC(=O)[C@@H]1[C@H]2CCC(=O)[C@H]2CN1C(=O)[C@@H](NC(=O)OC(C)C)C(C)C)C(=O)C(=O)N[C@@H](Cc1ccccc1)C(=O)O. The van der Waals surface area contributed by atoms with E-state index in [1.54, 1.807) is 65.0 Å². The van der Waals surface area contributed by atoms with E-state index in [0.717, 1.165) is 0 Å². The summed E-state index contributed by atoms with van der Waals surface area (Å²) in [6.07, 6.45) is -0.153. The first-order valence-corrected chi connectivity index (χ1v) is 15.5. The second-order valence-electron chi connectivity index (χ2n) is 12.3. The van der Waals surface area contributed by atoms with Crippen molar-refractivity contribution in [1.29, 1.82) is 0 Å². The number of carbonyl (C=O) groups excluding carboxylic acids is 6. The molecule has 0 bridgehead atoms. The Morgan fingerprint density at radius 2 is 1.64 bits per heavy atom. The third-order valence-electron chi connectivity index (χ3n) is 8.21. The first-order valence-electron chi connectivity index (χ1n) is 15.5. The van der Waals surface area contributed by atoms with Gasteiger partial charge in [0, 0.05) is 31.2 Å². The Bertz CT molecular complexity index is 1280. The van der Waals surface area contributed by atoms with Crippen molar-refractivity contribution in [1.82, 2.24) is 20.9 Å². The third-order valence-corrected chi connectivity index (χ3v) is 8.21. The number of amides is 4. The number of ketones is 2. The molecular formula is C32H44N4O9. The van der Waals surface area contributed by atoms with Gasteiger partial charge in [-0.15, -0.1) is 0 Å². The van der Waals surface area contributed by atoms with Gasteiger partial charge in [-0.2, -0.15) is 0 Å². The van der Waals surface area contributed by atoms with Crippen LogP contribution in [0.2, 0.25) is 0 Å². The largest absolute Gasteiger partial charge is 0.480 e. The van der Waals surface area contributed by atoms with Crippen molar-refractivity contribution in [2.24, 2.45) is 17.8 Å². The fourth-order valence-electron chi connectivity index (χ4n) is 5.99. The van der Waals surface area contributed by atoms with Gasteiger partial charge < -0.3 is 30.7 Å². The smallest absolute Gasteiger partial charge is 0.408 e. The predicted octanol–water partition coefficient (Wildman–Crippen LogP) is 1.62. The molecule has 1 aromatic rings. The van der Waals surface area contributed by atoms with Gasteiger partial charge in [-0.05, 0) is 38.2 Å². The molecular weight excluding hydrogens is 584 g/mol. The van der Waals surface area contributed by atoms with Crippen molar-refractivity contribution in [3.8, 4) is 0 Å². The molecule has 1 aliphatic heterocycles. The molecule has 246 valence electrons. The minimum atomic E-state index is -1.38. The Morgan fingerprint density at radius 3 is 2.22 bits per heavy atom. The molecule has 1 aromatic carbocycles. The number of fused-ring (bicyclic) bond motifs is 1. The van der Waals surface area contributed by atoms with Crippen molar-refractivity contribution in [3.63, 3.8) is 0 Å². The number of alkyl carbamates (subject to hydrolysis) is 1. The molecule has 0 spiro atoms. The molecule has 2 aliphatic rings. The van der Waals surface area contributed by atoms with Crippen LogP contribution in [0.3, 0.4) is 0 Å². The van der Waals surface area contributed by atoms with Gasteiger partial charge in [0.05, 0.1) is 12.1 Å². The van der Waals surface area contributed by atoms with Gasteiger partial charge in [0.25, 0.3) is 5.91 Å². The molecule has 4 amide bonds. The van der Waals surface area contributed by atoms with Crippen LogP contribution in [0.1, 0.15) is 65.9 Å². The van der Waals surface area contributed by atoms with E-state index in [2.05, 4.69) is 16.0 Å². The molecule has 1 heterocycles. The van der Waals surface area contributed by atoms with Crippen molar-refractivity contribution in [3.05, 3.63) is 35.9 Å². The van der Waals surface area contributed by atoms with Gasteiger partial charge in [0.2, 0.25) is 17.6 Å². The number of likely N-dealkylation sites (tertiary alicyclic amines) is 1. The molecule has 13 heteroatoms. The summed E-state index contributed by atoms with van der Waals surface area (Å²) in [6, 6.07) is 3.80. The Kier molecular flexibility index (Phi) is 12.2. The normalized spacial score (nSPS) is 21.1. The molecule has 13 nitrogen and oxygen atoms in total. The highest BCUT2D eigenvalue weighted by Gasteiger charge is 2.54. The van der Waals surface area contributed by atoms with Gasteiger partial charge in [-0.25, -0.2) is 9.59 Å². The van der Waals surface area contributed by atoms with E-state index in [1.165, 1.54) is 4.90 Å². The number of nitrogens with one attached hydrogen (secondary N) is 3. The molecule has 45 heavy (non-hydrogen) atoms. The lowest BCUT2D eigenvalue weighted by Gasteiger charge is -2.32. The summed E-state index contributed by atoms with van der Waals surface area (Å²) < 4.78 is 5.15. The summed E-state index contributed by atoms with van der Waals surface area (Å²) in [6.45, 7) is 8.53. The number of Topliss-reactive ketones (excluding diaryl/α,β-unsaturated/α-hetero) is 2. The summed E-state index contributed by atoms with van der Waals surface area (Å²) in [5.41, 5.74) is 0.648. The number of nitrogens with zero attached hydrogens (tertiary/aromatic N) is 1. The zero-order chi connectivity index (χ0) is 33.4. The van der Waals surface area contributed by atoms with E-state index in [9.17, 15) is 38.7 Å². The summed E-state index contributed by atoms with van der Waals surface area (Å²) in [5, 5.41) is 17.1. The fourth-order valence-corrected chi connectivity index (χ4v) is 5.99. The minimum absolute atomic E-state index is 0.0167. The van der Waals surface area contributed by atoms with Crippen LogP contribution in [0, 0.1) is 17.8 Å². The number of rotatable bonds is 14. The van der Waals surface area contributed by atoms with E-state index in [0.29, 0.717) is 18.4 Å². The van der Waals surface area contributed by atoms with E-state index in [-0.39, 0.29) is 37.5 Å². The van der Waals surface area contributed by atoms with Crippen LogP contribution in [0.25, 0.3) is 0 Å². The molecule has 1 aliphatic carbocycles. The van der Waals surface area contributed by atoms with Crippen LogP contribution >= 0.6 is 0 Å². The summed E-state index contributed by atoms with van der Waals surface area (Å²) in [5.74, 6) is -6.27. The number of carboxylic acid groups (broad SMARTS) is 1. The van der Waals surface area contributed by atoms with Gasteiger partial charge in [0.1, 0.15) is 23.9 Å². The van der Waals surface area contributed by atoms with Crippen LogP contribution in [0.4, 0.5) is 4.79 Å². The van der Waals surface area contributed by atoms with Crippen LogP contribution in [0.5, 0.6) is 0 Å². The Hall–Kier alpha value is -4.29. The van der Waals surface area contributed by atoms with Gasteiger partial charge in [-0.1, -0.05) is 57.5 Å². The van der Waals surface area contributed by atoms with Gasteiger partial charge in [0.15, 0.2) is 0 Å². The maximum atomic E-state index is 13.8. The molecule has 1 unspecified atom stereocenters. The summed E-state index contributed by atoms with van der Waals surface area (Å²) in [7, 11) is 0.